The number of carbonyl (C=O) groups is 2. The fourth-order valence-electron chi connectivity index (χ4n) is 2.32. The number of Topliss-reactive ketones (excluding diaryl/α,β-unsaturated/α-hetero) is 1. The number of hydrogen-bond donors (Lipinski definition) is 0. The number of likely N-dealkylation sites (N-methyl/N-ethyl adjacent to an activating group) is 1. The topological polar surface area (TPSA) is 46.6 Å². The number of rotatable bonds is 6. The first-order chi connectivity index (χ1) is 11.4. The molecule has 0 aliphatic heterocycles. The van der Waals surface area contributed by atoms with Gasteiger partial charge in [0.2, 0.25) is 0 Å². The zero-order valence-electron chi connectivity index (χ0n) is 14.6. The van der Waals surface area contributed by atoms with Gasteiger partial charge in [0.05, 0.1) is 6.04 Å². The molecule has 1 amide bonds. The summed E-state index contributed by atoms with van der Waals surface area (Å²) in [5.41, 5.74) is 2.90. The molecule has 0 saturated heterocycles. The number of nitrogens with zero attached hydrogens (tertiary/aromatic N) is 1. The van der Waals surface area contributed by atoms with Gasteiger partial charge in [-0.15, -0.1) is 0 Å². The van der Waals surface area contributed by atoms with E-state index in [9.17, 15) is 9.59 Å². The van der Waals surface area contributed by atoms with Gasteiger partial charge in [-0.05, 0) is 50.6 Å². The molecule has 0 aromatic heterocycles. The van der Waals surface area contributed by atoms with Crippen molar-refractivity contribution in [3.05, 3.63) is 65.2 Å². The van der Waals surface area contributed by atoms with Crippen molar-refractivity contribution in [1.82, 2.24) is 4.90 Å². The SMILES string of the molecule is CC(=O)c1ccc(OCC(=O)N(C)C(C)c2ccc(C)cc2)cc1. The van der Waals surface area contributed by atoms with Crippen LogP contribution in [-0.2, 0) is 4.79 Å². The quantitative estimate of drug-likeness (QED) is 0.759. The Hall–Kier alpha value is -2.62. The van der Waals surface area contributed by atoms with Crippen LogP contribution in [-0.4, -0.2) is 30.2 Å². The minimum atomic E-state index is -0.0984. The molecule has 4 nitrogen and oxygen atoms in total. The van der Waals surface area contributed by atoms with E-state index in [4.69, 9.17) is 4.74 Å². The third-order valence-corrected chi connectivity index (χ3v) is 4.16. The second-order valence-corrected chi connectivity index (χ2v) is 5.96. The lowest BCUT2D eigenvalue weighted by Crippen LogP contribution is -2.33. The van der Waals surface area contributed by atoms with Crippen LogP contribution < -0.4 is 4.74 Å². The number of ether oxygens (including phenoxy) is 1. The van der Waals surface area contributed by atoms with E-state index in [0.29, 0.717) is 11.3 Å². The Labute approximate surface area is 143 Å². The average Bonchev–Trinajstić information content (AvgIpc) is 2.59. The molecule has 4 heteroatoms. The number of ketones is 1. The van der Waals surface area contributed by atoms with Crippen LogP contribution in [0.2, 0.25) is 0 Å². The van der Waals surface area contributed by atoms with Gasteiger partial charge in [0.1, 0.15) is 5.75 Å². The van der Waals surface area contributed by atoms with E-state index >= 15 is 0 Å². The Kier molecular flexibility index (Phi) is 5.74. The maximum Gasteiger partial charge on any atom is 0.260 e. The van der Waals surface area contributed by atoms with Crippen LogP contribution in [0.15, 0.2) is 48.5 Å². The minimum Gasteiger partial charge on any atom is -0.484 e. The van der Waals surface area contributed by atoms with Crippen LogP contribution in [0.1, 0.15) is 41.4 Å². The van der Waals surface area contributed by atoms with E-state index in [1.165, 1.54) is 12.5 Å². The summed E-state index contributed by atoms with van der Waals surface area (Å²) in [6.45, 7) is 5.51. The third kappa shape index (κ3) is 4.44. The Morgan fingerprint density at radius 2 is 1.62 bits per heavy atom. The first-order valence-corrected chi connectivity index (χ1v) is 7.94. The smallest absolute Gasteiger partial charge is 0.260 e. The van der Waals surface area contributed by atoms with Crippen molar-refractivity contribution in [2.24, 2.45) is 0 Å². The van der Waals surface area contributed by atoms with Gasteiger partial charge >= 0.3 is 0 Å². The van der Waals surface area contributed by atoms with Crippen LogP contribution in [0.5, 0.6) is 5.75 Å². The molecule has 1 atom stereocenters. The predicted octanol–water partition coefficient (Wildman–Crippen LogP) is 3.80. The molecule has 126 valence electrons. The van der Waals surface area contributed by atoms with Gasteiger partial charge in [-0.2, -0.15) is 0 Å². The standard InChI is InChI=1S/C20H23NO3/c1-14-5-7-17(8-6-14)15(2)21(4)20(23)13-24-19-11-9-18(10-12-19)16(3)22/h5-12,15H,13H2,1-4H3. The van der Waals surface area contributed by atoms with Crippen molar-refractivity contribution < 1.29 is 14.3 Å². The highest BCUT2D eigenvalue weighted by molar-refractivity contribution is 5.94. The molecule has 2 rings (SSSR count). The summed E-state index contributed by atoms with van der Waals surface area (Å²) < 4.78 is 5.53. The van der Waals surface area contributed by atoms with Crippen molar-refractivity contribution in [3.63, 3.8) is 0 Å². The van der Waals surface area contributed by atoms with Crippen molar-refractivity contribution >= 4 is 11.7 Å². The molecule has 2 aromatic rings. The summed E-state index contributed by atoms with van der Waals surface area (Å²) in [6, 6.07) is 14.9. The normalized spacial score (nSPS) is 11.7. The highest BCUT2D eigenvalue weighted by Gasteiger charge is 2.17. The van der Waals surface area contributed by atoms with Crippen LogP contribution in [0.3, 0.4) is 0 Å². The molecule has 0 bridgehead atoms. The summed E-state index contributed by atoms with van der Waals surface area (Å²) in [7, 11) is 1.77. The fraction of sp³-hybridized carbons (Fsp3) is 0.300. The molecule has 0 radical (unpaired) electrons. The van der Waals surface area contributed by atoms with E-state index < -0.39 is 0 Å². The number of carbonyl (C=O) groups excluding carboxylic acids is 2. The molecular weight excluding hydrogens is 302 g/mol. The van der Waals surface area contributed by atoms with Gasteiger partial charge < -0.3 is 9.64 Å². The molecule has 0 heterocycles. The third-order valence-electron chi connectivity index (χ3n) is 4.16. The molecule has 0 aliphatic rings. The Morgan fingerprint density at radius 3 is 2.17 bits per heavy atom. The highest BCUT2D eigenvalue weighted by Crippen LogP contribution is 2.20. The number of amides is 1. The zero-order chi connectivity index (χ0) is 17.7. The number of benzene rings is 2. The van der Waals surface area contributed by atoms with Crippen LogP contribution >= 0.6 is 0 Å². The second-order valence-electron chi connectivity index (χ2n) is 5.96. The fourth-order valence-corrected chi connectivity index (χ4v) is 2.32. The van der Waals surface area contributed by atoms with Gasteiger partial charge in [-0.25, -0.2) is 0 Å². The lowest BCUT2D eigenvalue weighted by Gasteiger charge is -2.25. The van der Waals surface area contributed by atoms with E-state index in [1.807, 2.05) is 38.1 Å². The van der Waals surface area contributed by atoms with E-state index in [1.54, 1.807) is 36.2 Å². The van der Waals surface area contributed by atoms with Gasteiger partial charge in [0, 0.05) is 12.6 Å². The van der Waals surface area contributed by atoms with Crippen molar-refractivity contribution in [1.29, 1.82) is 0 Å². The molecule has 1 unspecified atom stereocenters. The summed E-state index contributed by atoms with van der Waals surface area (Å²) in [6.07, 6.45) is 0. The Balaban J connectivity index is 1.93. The Bertz CT molecular complexity index is 705. The molecule has 0 fully saturated rings. The van der Waals surface area contributed by atoms with E-state index in [-0.39, 0.29) is 24.3 Å². The van der Waals surface area contributed by atoms with E-state index in [0.717, 1.165) is 5.56 Å². The first kappa shape index (κ1) is 17.7. The maximum atomic E-state index is 12.3. The lowest BCUT2D eigenvalue weighted by molar-refractivity contribution is -0.134. The predicted molar refractivity (Wildman–Crippen MR) is 94.3 cm³/mol. The van der Waals surface area contributed by atoms with Gasteiger partial charge in [0.15, 0.2) is 12.4 Å². The van der Waals surface area contributed by atoms with Crippen molar-refractivity contribution in [3.8, 4) is 5.75 Å². The summed E-state index contributed by atoms with van der Waals surface area (Å²) in [5.74, 6) is 0.479. The second kappa shape index (κ2) is 7.77. The van der Waals surface area contributed by atoms with Crippen LogP contribution in [0, 0.1) is 6.92 Å². The molecule has 24 heavy (non-hydrogen) atoms. The van der Waals surface area contributed by atoms with Crippen LogP contribution in [0.25, 0.3) is 0 Å². The maximum absolute atomic E-state index is 12.3. The van der Waals surface area contributed by atoms with Gasteiger partial charge in [0.25, 0.3) is 5.91 Å². The average molecular weight is 325 g/mol. The largest absolute Gasteiger partial charge is 0.484 e. The molecule has 0 saturated carbocycles. The molecular formula is C20H23NO3. The summed E-state index contributed by atoms with van der Waals surface area (Å²) in [5, 5.41) is 0. The summed E-state index contributed by atoms with van der Waals surface area (Å²) >= 11 is 0. The number of hydrogen-bond acceptors (Lipinski definition) is 3. The summed E-state index contributed by atoms with van der Waals surface area (Å²) in [4.78, 5) is 25.2. The molecule has 0 spiro atoms. The highest BCUT2D eigenvalue weighted by atomic mass is 16.5. The molecule has 0 aliphatic carbocycles. The van der Waals surface area contributed by atoms with Gasteiger partial charge in [-0.1, -0.05) is 29.8 Å². The zero-order valence-corrected chi connectivity index (χ0v) is 14.6. The Morgan fingerprint density at radius 1 is 1.04 bits per heavy atom. The molecule has 0 N–H and O–H groups in total. The monoisotopic (exact) mass is 325 g/mol. The minimum absolute atomic E-state index is 0.00397. The molecule has 2 aromatic carbocycles. The first-order valence-electron chi connectivity index (χ1n) is 7.94. The van der Waals surface area contributed by atoms with Crippen LogP contribution in [0.4, 0.5) is 0 Å². The van der Waals surface area contributed by atoms with Crippen molar-refractivity contribution in [2.45, 2.75) is 26.8 Å². The lowest BCUT2D eigenvalue weighted by atomic mass is 10.1. The van der Waals surface area contributed by atoms with Crippen molar-refractivity contribution in [2.75, 3.05) is 13.7 Å². The number of aryl methyl sites for hydroxylation is 1. The van der Waals surface area contributed by atoms with E-state index in [2.05, 4.69) is 0 Å². The van der Waals surface area contributed by atoms with Gasteiger partial charge in [-0.3, -0.25) is 9.59 Å².